The van der Waals surface area contributed by atoms with E-state index in [2.05, 4.69) is 184 Å². The fourth-order valence-electron chi connectivity index (χ4n) is 9.57. The summed E-state index contributed by atoms with van der Waals surface area (Å²) in [4.78, 5) is 20.5. The summed E-state index contributed by atoms with van der Waals surface area (Å²) in [7, 11) is 0. The molecular formula is C55H34N6. The van der Waals surface area contributed by atoms with Gasteiger partial charge in [0.2, 0.25) is 5.95 Å². The van der Waals surface area contributed by atoms with Gasteiger partial charge < -0.3 is 9.80 Å². The first kappa shape index (κ1) is 33.6. The zero-order valence-corrected chi connectivity index (χ0v) is 32.8. The molecule has 9 aromatic carbocycles. The van der Waals surface area contributed by atoms with E-state index < -0.39 is 0 Å². The molecule has 0 amide bonds. The molecule has 0 N–H and O–H groups in total. The average molecular weight is 779 g/mol. The maximum Gasteiger partial charge on any atom is 0.238 e. The SMILES string of the molecule is c1ccc(-c2nc(-c3ccccc3)nc(-n3c4ccccc4c4cc5c(cc43)-c3cc4ccccc4cc3-c3cccc4c3N5c3ccccc3N4c3ccccc3)n2)cc1. The molecule has 0 bridgehead atoms. The molecule has 4 heterocycles. The molecular weight excluding hydrogens is 745 g/mol. The fraction of sp³-hybridized carbons (Fsp3) is 0. The molecule has 2 aliphatic rings. The summed E-state index contributed by atoms with van der Waals surface area (Å²) in [6, 6.07) is 73.5. The quantitative estimate of drug-likeness (QED) is 0.178. The smallest absolute Gasteiger partial charge is 0.238 e. The van der Waals surface area contributed by atoms with Crippen LogP contribution >= 0.6 is 0 Å². The van der Waals surface area contributed by atoms with E-state index in [0.29, 0.717) is 17.6 Å². The molecule has 6 heteroatoms. The fourth-order valence-corrected chi connectivity index (χ4v) is 9.57. The topological polar surface area (TPSA) is 50.1 Å². The Morgan fingerprint density at radius 3 is 1.57 bits per heavy atom. The molecule has 0 spiro atoms. The number of benzene rings is 9. The van der Waals surface area contributed by atoms with Crippen LogP contribution in [0, 0.1) is 0 Å². The van der Waals surface area contributed by atoms with Crippen LogP contribution in [0.1, 0.15) is 0 Å². The molecule has 0 saturated heterocycles. The third-order valence-electron chi connectivity index (χ3n) is 12.2. The van der Waals surface area contributed by atoms with Gasteiger partial charge >= 0.3 is 0 Å². The molecule has 13 rings (SSSR count). The first-order valence-corrected chi connectivity index (χ1v) is 20.6. The van der Waals surface area contributed by atoms with Gasteiger partial charge in [0.1, 0.15) is 0 Å². The van der Waals surface area contributed by atoms with E-state index in [1.165, 1.54) is 27.5 Å². The lowest BCUT2D eigenvalue weighted by atomic mass is 9.90. The number of nitrogens with zero attached hydrogens (tertiary/aromatic N) is 6. The Morgan fingerprint density at radius 2 is 0.885 bits per heavy atom. The highest BCUT2D eigenvalue weighted by Gasteiger charge is 2.37. The third kappa shape index (κ3) is 5.06. The Hall–Kier alpha value is -8.35. The first-order chi connectivity index (χ1) is 30.3. The molecule has 0 fully saturated rings. The first-order valence-electron chi connectivity index (χ1n) is 20.6. The largest absolute Gasteiger partial charge is 0.306 e. The minimum absolute atomic E-state index is 0.568. The predicted molar refractivity (Wildman–Crippen MR) is 250 cm³/mol. The van der Waals surface area contributed by atoms with Crippen molar-refractivity contribution in [2.24, 2.45) is 0 Å². The van der Waals surface area contributed by atoms with Gasteiger partial charge in [-0.15, -0.1) is 0 Å². The van der Waals surface area contributed by atoms with Crippen molar-refractivity contribution in [3.05, 3.63) is 206 Å². The monoisotopic (exact) mass is 778 g/mol. The van der Waals surface area contributed by atoms with Crippen molar-refractivity contribution in [3.8, 4) is 51.0 Å². The van der Waals surface area contributed by atoms with Gasteiger partial charge in [0.25, 0.3) is 0 Å². The van der Waals surface area contributed by atoms with E-state index >= 15 is 0 Å². The van der Waals surface area contributed by atoms with Gasteiger partial charge in [-0.1, -0.05) is 146 Å². The van der Waals surface area contributed by atoms with Crippen molar-refractivity contribution in [1.29, 1.82) is 0 Å². The van der Waals surface area contributed by atoms with Gasteiger partial charge in [0, 0.05) is 38.7 Å². The molecule has 284 valence electrons. The lowest BCUT2D eigenvalue weighted by Crippen LogP contribution is -2.24. The molecule has 0 unspecified atom stereocenters. The predicted octanol–water partition coefficient (Wildman–Crippen LogP) is 14.4. The lowest BCUT2D eigenvalue weighted by molar-refractivity contribution is 0.953. The van der Waals surface area contributed by atoms with E-state index in [0.717, 1.165) is 72.6 Å². The Labute approximate surface area is 351 Å². The number of hydrogen-bond acceptors (Lipinski definition) is 5. The van der Waals surface area contributed by atoms with Crippen molar-refractivity contribution in [2.75, 3.05) is 9.80 Å². The van der Waals surface area contributed by atoms with Crippen molar-refractivity contribution in [1.82, 2.24) is 19.5 Å². The van der Waals surface area contributed by atoms with Gasteiger partial charge in [-0.25, -0.2) is 4.98 Å². The van der Waals surface area contributed by atoms with Crippen LogP contribution in [0.2, 0.25) is 0 Å². The van der Waals surface area contributed by atoms with E-state index in [9.17, 15) is 0 Å². The van der Waals surface area contributed by atoms with Gasteiger partial charge in [-0.2, -0.15) is 9.97 Å². The Balaban J connectivity index is 1.16. The van der Waals surface area contributed by atoms with Crippen LogP contribution in [-0.2, 0) is 0 Å². The number of hydrogen-bond donors (Lipinski definition) is 0. The highest BCUT2D eigenvalue weighted by atomic mass is 15.3. The highest BCUT2D eigenvalue weighted by molar-refractivity contribution is 6.18. The second kappa shape index (κ2) is 13.1. The van der Waals surface area contributed by atoms with Gasteiger partial charge in [-0.05, 0) is 82.6 Å². The Bertz CT molecular complexity index is 3480. The zero-order chi connectivity index (χ0) is 40.0. The van der Waals surface area contributed by atoms with Crippen LogP contribution in [0.5, 0.6) is 0 Å². The molecule has 0 aliphatic carbocycles. The van der Waals surface area contributed by atoms with E-state index in [-0.39, 0.29) is 0 Å². The number of fused-ring (bicyclic) bond motifs is 11. The Kier molecular flexibility index (Phi) is 7.21. The van der Waals surface area contributed by atoms with Gasteiger partial charge in [0.05, 0.1) is 39.5 Å². The van der Waals surface area contributed by atoms with Crippen molar-refractivity contribution in [2.45, 2.75) is 0 Å². The minimum atomic E-state index is 0.568. The molecule has 2 aliphatic heterocycles. The molecule has 2 aromatic heterocycles. The van der Waals surface area contributed by atoms with Crippen LogP contribution in [-0.4, -0.2) is 19.5 Å². The summed E-state index contributed by atoms with van der Waals surface area (Å²) in [6.45, 7) is 0. The number of anilines is 6. The summed E-state index contributed by atoms with van der Waals surface area (Å²) >= 11 is 0. The maximum absolute atomic E-state index is 5.26. The summed E-state index contributed by atoms with van der Waals surface area (Å²) in [5.41, 5.74) is 15.3. The number of aromatic nitrogens is 4. The summed E-state index contributed by atoms with van der Waals surface area (Å²) in [5, 5.41) is 4.63. The van der Waals surface area contributed by atoms with Crippen molar-refractivity contribution in [3.63, 3.8) is 0 Å². The Morgan fingerprint density at radius 1 is 0.328 bits per heavy atom. The molecule has 61 heavy (non-hydrogen) atoms. The summed E-state index contributed by atoms with van der Waals surface area (Å²) < 4.78 is 2.23. The highest BCUT2D eigenvalue weighted by Crippen LogP contribution is 2.61. The van der Waals surface area contributed by atoms with Gasteiger partial charge in [-0.3, -0.25) is 4.57 Å². The molecule has 0 saturated carbocycles. The summed E-state index contributed by atoms with van der Waals surface area (Å²) in [5.74, 6) is 1.81. The number of rotatable bonds is 4. The van der Waals surface area contributed by atoms with Crippen LogP contribution < -0.4 is 9.80 Å². The standard InChI is InChI=1S/C55H34N6/c1-4-17-35(18-5-1)53-56-54(36-19-6-2-7-20-36)58-55(57-53)61-46-27-13-12-25-40(46)44-33-50-45(34-51(44)61)43-32-38-22-11-10-21-37(38)31-42(43)41-26-16-30-49-52(41)60(50)48-29-15-14-28-47(48)59(49)39-23-8-3-9-24-39/h1-34H. The van der Waals surface area contributed by atoms with Crippen LogP contribution in [0.25, 0.3) is 83.6 Å². The second-order valence-corrected chi connectivity index (χ2v) is 15.7. The zero-order valence-electron chi connectivity index (χ0n) is 32.8. The van der Waals surface area contributed by atoms with Crippen LogP contribution in [0.15, 0.2) is 206 Å². The second-order valence-electron chi connectivity index (χ2n) is 15.7. The van der Waals surface area contributed by atoms with Crippen molar-refractivity contribution < 1.29 is 0 Å². The third-order valence-corrected chi connectivity index (χ3v) is 12.2. The average Bonchev–Trinajstić information content (AvgIpc) is 3.60. The van der Waals surface area contributed by atoms with E-state index in [4.69, 9.17) is 15.0 Å². The summed E-state index contributed by atoms with van der Waals surface area (Å²) in [6.07, 6.45) is 0. The van der Waals surface area contributed by atoms with Crippen LogP contribution in [0.4, 0.5) is 34.1 Å². The van der Waals surface area contributed by atoms with Crippen molar-refractivity contribution >= 4 is 66.7 Å². The van der Waals surface area contributed by atoms with E-state index in [1.807, 2.05) is 36.4 Å². The molecule has 6 nitrogen and oxygen atoms in total. The lowest BCUT2D eigenvalue weighted by Gasteiger charge is -2.41. The van der Waals surface area contributed by atoms with Gasteiger partial charge in [0.15, 0.2) is 11.6 Å². The van der Waals surface area contributed by atoms with Crippen LogP contribution in [0.3, 0.4) is 0 Å². The molecule has 0 atom stereocenters. The molecule has 0 radical (unpaired) electrons. The van der Waals surface area contributed by atoms with E-state index in [1.54, 1.807) is 0 Å². The normalized spacial score (nSPS) is 12.5. The maximum atomic E-state index is 5.26. The molecule has 11 aromatic rings. The minimum Gasteiger partial charge on any atom is -0.306 e. The number of para-hydroxylation sites is 5.